The summed E-state index contributed by atoms with van der Waals surface area (Å²) in [6.45, 7) is 2.62. The van der Waals surface area contributed by atoms with Gasteiger partial charge in [0.15, 0.2) is 0 Å². The third kappa shape index (κ3) is 5.31. The van der Waals surface area contributed by atoms with Crippen molar-refractivity contribution < 1.29 is 18.0 Å². The normalized spacial score (nSPS) is 16.6. The summed E-state index contributed by atoms with van der Waals surface area (Å²) in [4.78, 5) is 19.7. The number of piperazine rings is 1. The van der Waals surface area contributed by atoms with Crippen LogP contribution in [0.1, 0.15) is 12.5 Å². The van der Waals surface area contributed by atoms with Crippen LogP contribution in [0, 0.1) is 0 Å². The van der Waals surface area contributed by atoms with Gasteiger partial charge in [-0.3, -0.25) is 4.79 Å². The van der Waals surface area contributed by atoms with Crippen molar-refractivity contribution in [3.8, 4) is 0 Å². The molecule has 1 amide bonds. The van der Waals surface area contributed by atoms with Crippen molar-refractivity contribution in [3.05, 3.63) is 64.1 Å². The summed E-state index contributed by atoms with van der Waals surface area (Å²) in [6, 6.07) is 13.3. The summed E-state index contributed by atoms with van der Waals surface area (Å²) in [5.74, 6) is -0.252. The third-order valence-electron chi connectivity index (χ3n) is 4.64. The molecule has 2 aromatic carbocycles. The smallest absolute Gasteiger partial charge is 0.266 e. The molecule has 0 spiro atoms. The van der Waals surface area contributed by atoms with Gasteiger partial charge in [-0.1, -0.05) is 52.6 Å². The summed E-state index contributed by atoms with van der Waals surface area (Å²) in [7, 11) is -3.56. The maximum atomic E-state index is 12.7. The largest absolute Gasteiger partial charge is 0.383 e. The first-order valence-electron chi connectivity index (χ1n) is 9.27. The van der Waals surface area contributed by atoms with Gasteiger partial charge in [0.05, 0.1) is 21.2 Å². The predicted molar refractivity (Wildman–Crippen MR) is 116 cm³/mol. The zero-order valence-electron chi connectivity index (χ0n) is 16.2. The van der Waals surface area contributed by atoms with Gasteiger partial charge in [-0.05, 0) is 36.8 Å². The van der Waals surface area contributed by atoms with E-state index < -0.39 is 16.1 Å². The summed E-state index contributed by atoms with van der Waals surface area (Å²) < 4.78 is 26.7. The van der Waals surface area contributed by atoms with Crippen molar-refractivity contribution >= 4 is 45.3 Å². The molecule has 0 aliphatic carbocycles. The number of hydrogen-bond donors (Lipinski definition) is 0. The van der Waals surface area contributed by atoms with E-state index in [9.17, 15) is 13.2 Å². The van der Waals surface area contributed by atoms with Gasteiger partial charge >= 0.3 is 0 Å². The first-order chi connectivity index (χ1) is 14.3. The van der Waals surface area contributed by atoms with Crippen molar-refractivity contribution in [2.75, 3.05) is 26.2 Å². The molecule has 1 fully saturated rings. The monoisotopic (exact) mass is 469 g/mol. The average molecular weight is 470 g/mol. The molecule has 0 radical (unpaired) electrons. The van der Waals surface area contributed by atoms with Gasteiger partial charge in [0.2, 0.25) is 16.1 Å². The summed E-state index contributed by atoms with van der Waals surface area (Å²) in [5, 5.41) is 4.67. The molecular formula is C20H21Cl2N3O4S. The zero-order chi connectivity index (χ0) is 21.7. The number of oxime groups is 1. The second-order valence-corrected chi connectivity index (χ2v) is 9.45. The molecular weight excluding hydrogens is 449 g/mol. The van der Waals surface area contributed by atoms with E-state index in [1.165, 1.54) is 10.5 Å². The van der Waals surface area contributed by atoms with Gasteiger partial charge in [0, 0.05) is 26.2 Å². The molecule has 1 unspecified atom stereocenters. The van der Waals surface area contributed by atoms with E-state index in [-0.39, 0.29) is 37.0 Å². The SMILES string of the molecule is CC(ON=Cc1ccc(Cl)c(Cl)c1)C(=O)N1CCN(S(=O)(=O)c2ccccc2)CC1. The van der Waals surface area contributed by atoms with Crippen LogP contribution in [0.5, 0.6) is 0 Å². The number of benzene rings is 2. The Morgan fingerprint density at radius 2 is 1.73 bits per heavy atom. The number of amides is 1. The highest BCUT2D eigenvalue weighted by molar-refractivity contribution is 7.89. The molecule has 160 valence electrons. The number of rotatable bonds is 6. The second kappa shape index (κ2) is 9.78. The fourth-order valence-electron chi connectivity index (χ4n) is 2.97. The molecule has 1 atom stereocenters. The number of sulfonamides is 1. The molecule has 0 saturated carbocycles. The Kier molecular flexibility index (Phi) is 7.36. The lowest BCUT2D eigenvalue weighted by molar-refractivity contribution is -0.143. The highest BCUT2D eigenvalue weighted by Crippen LogP contribution is 2.22. The van der Waals surface area contributed by atoms with Gasteiger partial charge in [0.1, 0.15) is 0 Å². The van der Waals surface area contributed by atoms with E-state index in [2.05, 4.69) is 5.16 Å². The van der Waals surface area contributed by atoms with Crippen LogP contribution in [-0.4, -0.2) is 62.0 Å². The Morgan fingerprint density at radius 3 is 2.37 bits per heavy atom. The van der Waals surface area contributed by atoms with Crippen molar-refractivity contribution in [2.24, 2.45) is 5.16 Å². The van der Waals surface area contributed by atoms with Crippen LogP contribution < -0.4 is 0 Å². The number of hydrogen-bond acceptors (Lipinski definition) is 5. The van der Waals surface area contributed by atoms with E-state index in [4.69, 9.17) is 28.0 Å². The standard InChI is InChI=1S/C20H21Cl2N3O4S/c1-15(29-23-14-16-7-8-18(21)19(22)13-16)20(26)24-9-11-25(12-10-24)30(27,28)17-5-3-2-4-6-17/h2-8,13-15H,9-12H2,1H3. The van der Waals surface area contributed by atoms with Crippen LogP contribution in [-0.2, 0) is 19.7 Å². The molecule has 3 rings (SSSR count). The molecule has 30 heavy (non-hydrogen) atoms. The molecule has 1 aliphatic heterocycles. The minimum atomic E-state index is -3.56. The fraction of sp³-hybridized carbons (Fsp3) is 0.300. The van der Waals surface area contributed by atoms with E-state index in [1.807, 2.05) is 0 Å². The van der Waals surface area contributed by atoms with Crippen LogP contribution in [0.2, 0.25) is 10.0 Å². The highest BCUT2D eigenvalue weighted by atomic mass is 35.5. The molecule has 1 heterocycles. The Bertz CT molecular complexity index is 1020. The van der Waals surface area contributed by atoms with E-state index >= 15 is 0 Å². The van der Waals surface area contributed by atoms with Crippen molar-refractivity contribution in [1.29, 1.82) is 0 Å². The van der Waals surface area contributed by atoms with Gasteiger partial charge in [-0.15, -0.1) is 0 Å². The van der Waals surface area contributed by atoms with Crippen molar-refractivity contribution in [3.63, 3.8) is 0 Å². The van der Waals surface area contributed by atoms with Crippen LogP contribution in [0.3, 0.4) is 0 Å². The molecule has 0 bridgehead atoms. The van der Waals surface area contributed by atoms with Crippen molar-refractivity contribution in [2.45, 2.75) is 17.9 Å². The summed E-state index contributed by atoms with van der Waals surface area (Å²) in [6.07, 6.45) is 0.636. The average Bonchev–Trinajstić information content (AvgIpc) is 2.76. The van der Waals surface area contributed by atoms with Gasteiger partial charge in [-0.25, -0.2) is 8.42 Å². The lowest BCUT2D eigenvalue weighted by Gasteiger charge is -2.34. The maximum absolute atomic E-state index is 12.7. The quantitative estimate of drug-likeness (QED) is 0.480. The zero-order valence-corrected chi connectivity index (χ0v) is 18.6. The fourth-order valence-corrected chi connectivity index (χ4v) is 4.72. The van der Waals surface area contributed by atoms with Crippen molar-refractivity contribution in [1.82, 2.24) is 9.21 Å². The minimum Gasteiger partial charge on any atom is -0.383 e. The Balaban J connectivity index is 1.53. The van der Waals surface area contributed by atoms with E-state index in [1.54, 1.807) is 60.4 Å². The number of halogens is 2. The van der Waals surface area contributed by atoms with E-state index in [0.717, 1.165) is 0 Å². The third-order valence-corrected chi connectivity index (χ3v) is 7.30. The van der Waals surface area contributed by atoms with Gasteiger partial charge in [-0.2, -0.15) is 4.31 Å². The molecule has 1 aliphatic rings. The predicted octanol–water partition coefficient (Wildman–Crippen LogP) is 3.27. The summed E-state index contributed by atoms with van der Waals surface area (Å²) in [5.41, 5.74) is 0.684. The van der Waals surface area contributed by atoms with E-state index in [0.29, 0.717) is 15.6 Å². The van der Waals surface area contributed by atoms with Crippen LogP contribution in [0.25, 0.3) is 0 Å². The Morgan fingerprint density at radius 1 is 1.07 bits per heavy atom. The number of carbonyl (C=O) groups excluding carboxylic acids is 1. The summed E-state index contributed by atoms with van der Waals surface area (Å²) >= 11 is 11.8. The Labute approximate surface area is 185 Å². The second-order valence-electron chi connectivity index (χ2n) is 6.70. The molecule has 7 nitrogen and oxygen atoms in total. The Hall–Kier alpha value is -2.13. The molecule has 2 aromatic rings. The number of nitrogens with zero attached hydrogens (tertiary/aromatic N) is 3. The van der Waals surface area contributed by atoms with Crippen LogP contribution in [0.4, 0.5) is 0 Å². The van der Waals surface area contributed by atoms with Crippen LogP contribution >= 0.6 is 23.2 Å². The van der Waals surface area contributed by atoms with Gasteiger partial charge in [0.25, 0.3) is 5.91 Å². The first kappa shape index (κ1) is 22.6. The molecule has 1 saturated heterocycles. The van der Waals surface area contributed by atoms with Gasteiger partial charge < -0.3 is 9.74 Å². The molecule has 0 aromatic heterocycles. The maximum Gasteiger partial charge on any atom is 0.266 e. The topological polar surface area (TPSA) is 79.3 Å². The lowest BCUT2D eigenvalue weighted by Crippen LogP contribution is -2.52. The number of carbonyl (C=O) groups is 1. The van der Waals surface area contributed by atoms with Crippen LogP contribution in [0.15, 0.2) is 58.6 Å². The minimum absolute atomic E-state index is 0.224. The first-order valence-corrected chi connectivity index (χ1v) is 11.5. The molecule has 0 N–H and O–H groups in total. The molecule has 10 heteroatoms. The lowest BCUT2D eigenvalue weighted by atomic mass is 10.2. The highest BCUT2D eigenvalue weighted by Gasteiger charge is 2.31.